The highest BCUT2D eigenvalue weighted by Crippen LogP contribution is 2.37. The van der Waals surface area contributed by atoms with Gasteiger partial charge in [-0.2, -0.15) is 0 Å². The van der Waals surface area contributed by atoms with Gasteiger partial charge in [-0.25, -0.2) is 0 Å². The first kappa shape index (κ1) is 25.0. The molecule has 2 heteroatoms. The van der Waals surface area contributed by atoms with E-state index in [0.29, 0.717) is 0 Å². The molecule has 0 radical (unpaired) electrons. The van der Waals surface area contributed by atoms with Crippen molar-refractivity contribution in [3.8, 4) is 50.2 Å². The summed E-state index contributed by atoms with van der Waals surface area (Å²) in [5.74, 6) is 0. The summed E-state index contributed by atoms with van der Waals surface area (Å²) in [4.78, 5) is 4.26. The van der Waals surface area contributed by atoms with Crippen LogP contribution in [0.25, 0.3) is 72.0 Å². The van der Waals surface area contributed by atoms with Crippen molar-refractivity contribution in [3.05, 3.63) is 170 Å². The molecule has 0 unspecified atom stereocenters. The van der Waals surface area contributed by atoms with E-state index in [0.717, 1.165) is 5.69 Å². The fraction of sp³-hybridized carbons (Fsp3) is 0. The molecule has 0 saturated carbocycles. The predicted molar refractivity (Wildman–Crippen MR) is 180 cm³/mol. The van der Waals surface area contributed by atoms with Crippen LogP contribution in [0.3, 0.4) is 0 Å². The Labute approximate surface area is 251 Å². The van der Waals surface area contributed by atoms with Crippen LogP contribution in [-0.2, 0) is 0 Å². The third-order valence-corrected chi connectivity index (χ3v) is 8.31. The SMILES string of the molecule is c1ccc(-c2ccc(-c3cccc(-c4ccc5c(c4)c4cc(-c6ccccc6)ccc4n5-c4ccncc4)c3)cc2)cc1. The predicted octanol–water partition coefficient (Wildman–Crippen LogP) is 10.8. The second-order valence-corrected chi connectivity index (χ2v) is 10.9. The number of fused-ring (bicyclic) bond motifs is 3. The molecule has 0 aliphatic heterocycles. The fourth-order valence-corrected chi connectivity index (χ4v) is 6.15. The highest BCUT2D eigenvalue weighted by molar-refractivity contribution is 6.11. The van der Waals surface area contributed by atoms with Gasteiger partial charge in [0, 0.05) is 28.9 Å². The summed E-state index contributed by atoms with van der Waals surface area (Å²) in [5.41, 5.74) is 13.2. The van der Waals surface area contributed by atoms with Gasteiger partial charge < -0.3 is 4.57 Å². The molecule has 0 atom stereocenters. The summed E-state index contributed by atoms with van der Waals surface area (Å²) in [6.45, 7) is 0. The van der Waals surface area contributed by atoms with Gasteiger partial charge in [-0.1, -0.05) is 115 Å². The van der Waals surface area contributed by atoms with E-state index in [9.17, 15) is 0 Å². The highest BCUT2D eigenvalue weighted by Gasteiger charge is 2.15. The van der Waals surface area contributed by atoms with E-state index in [-0.39, 0.29) is 0 Å². The Hall–Kier alpha value is -5.73. The van der Waals surface area contributed by atoms with Gasteiger partial charge in [0.05, 0.1) is 11.0 Å². The van der Waals surface area contributed by atoms with Crippen LogP contribution in [0.2, 0.25) is 0 Å². The van der Waals surface area contributed by atoms with Crippen molar-refractivity contribution in [1.82, 2.24) is 9.55 Å². The highest BCUT2D eigenvalue weighted by atomic mass is 15.0. The van der Waals surface area contributed by atoms with Gasteiger partial charge in [-0.15, -0.1) is 0 Å². The van der Waals surface area contributed by atoms with E-state index in [2.05, 4.69) is 167 Å². The summed E-state index contributed by atoms with van der Waals surface area (Å²) in [7, 11) is 0. The Morgan fingerprint density at radius 2 is 0.721 bits per heavy atom. The van der Waals surface area contributed by atoms with Crippen molar-refractivity contribution in [2.75, 3.05) is 0 Å². The van der Waals surface area contributed by atoms with Gasteiger partial charge in [-0.05, 0) is 87.0 Å². The number of hydrogen-bond acceptors (Lipinski definition) is 1. The molecular weight excluding hydrogens is 520 g/mol. The average molecular weight is 549 g/mol. The monoisotopic (exact) mass is 548 g/mol. The number of pyridine rings is 1. The largest absolute Gasteiger partial charge is 0.309 e. The summed E-state index contributed by atoms with van der Waals surface area (Å²) in [6.07, 6.45) is 3.72. The van der Waals surface area contributed by atoms with E-state index in [1.807, 2.05) is 12.4 Å². The van der Waals surface area contributed by atoms with Crippen LogP contribution in [0, 0.1) is 0 Å². The molecule has 8 aromatic rings. The molecule has 0 bridgehead atoms. The molecule has 43 heavy (non-hydrogen) atoms. The molecule has 202 valence electrons. The Bertz CT molecular complexity index is 2200. The second kappa shape index (κ2) is 10.6. The molecule has 6 aromatic carbocycles. The number of benzene rings is 6. The Morgan fingerprint density at radius 3 is 1.30 bits per heavy atom. The van der Waals surface area contributed by atoms with Crippen molar-refractivity contribution in [2.24, 2.45) is 0 Å². The van der Waals surface area contributed by atoms with E-state index in [1.165, 1.54) is 66.3 Å². The van der Waals surface area contributed by atoms with Gasteiger partial charge >= 0.3 is 0 Å². The van der Waals surface area contributed by atoms with Crippen molar-refractivity contribution < 1.29 is 0 Å². The maximum atomic E-state index is 4.26. The molecule has 0 saturated heterocycles. The molecule has 2 heterocycles. The molecule has 0 N–H and O–H groups in total. The minimum absolute atomic E-state index is 1.11. The zero-order chi connectivity index (χ0) is 28.6. The van der Waals surface area contributed by atoms with Crippen LogP contribution in [0.5, 0.6) is 0 Å². The molecular formula is C41H28N2. The van der Waals surface area contributed by atoms with Crippen molar-refractivity contribution >= 4 is 21.8 Å². The van der Waals surface area contributed by atoms with Crippen LogP contribution >= 0.6 is 0 Å². The minimum atomic E-state index is 1.11. The molecule has 0 fully saturated rings. The third-order valence-electron chi connectivity index (χ3n) is 8.31. The van der Waals surface area contributed by atoms with E-state index < -0.39 is 0 Å². The molecule has 0 aliphatic rings. The van der Waals surface area contributed by atoms with Crippen LogP contribution in [0.15, 0.2) is 170 Å². The van der Waals surface area contributed by atoms with E-state index in [1.54, 1.807) is 0 Å². The molecule has 0 spiro atoms. The third kappa shape index (κ3) is 4.60. The fourth-order valence-electron chi connectivity index (χ4n) is 6.15. The topological polar surface area (TPSA) is 17.8 Å². The molecule has 0 aliphatic carbocycles. The smallest absolute Gasteiger partial charge is 0.0541 e. The average Bonchev–Trinajstić information content (AvgIpc) is 3.42. The Morgan fingerprint density at radius 1 is 0.326 bits per heavy atom. The zero-order valence-corrected chi connectivity index (χ0v) is 23.6. The molecule has 2 nitrogen and oxygen atoms in total. The number of hydrogen-bond donors (Lipinski definition) is 0. The minimum Gasteiger partial charge on any atom is -0.309 e. The molecule has 0 amide bonds. The standard InChI is InChI=1S/C41H28N2/c1-3-8-29(9-4-1)31-14-16-32(17-15-31)33-12-7-13-34(26-33)36-19-21-41-39(28-36)38-27-35(30-10-5-2-6-11-30)18-20-40(38)43(41)37-22-24-42-25-23-37/h1-28H. The van der Waals surface area contributed by atoms with Gasteiger partial charge in [0.25, 0.3) is 0 Å². The van der Waals surface area contributed by atoms with Gasteiger partial charge in [0.15, 0.2) is 0 Å². The number of aromatic nitrogens is 2. The van der Waals surface area contributed by atoms with Crippen LogP contribution < -0.4 is 0 Å². The first-order valence-corrected chi connectivity index (χ1v) is 14.6. The van der Waals surface area contributed by atoms with Crippen LogP contribution in [0.1, 0.15) is 0 Å². The maximum absolute atomic E-state index is 4.26. The van der Waals surface area contributed by atoms with Gasteiger partial charge in [0.1, 0.15) is 0 Å². The first-order valence-electron chi connectivity index (χ1n) is 14.6. The lowest BCUT2D eigenvalue weighted by Gasteiger charge is -2.09. The lowest BCUT2D eigenvalue weighted by molar-refractivity contribution is 1.16. The summed E-state index contributed by atoms with van der Waals surface area (Å²) >= 11 is 0. The van der Waals surface area contributed by atoms with E-state index >= 15 is 0 Å². The van der Waals surface area contributed by atoms with Crippen molar-refractivity contribution in [3.63, 3.8) is 0 Å². The second-order valence-electron chi connectivity index (χ2n) is 10.9. The van der Waals surface area contributed by atoms with Crippen LogP contribution in [0.4, 0.5) is 0 Å². The first-order chi connectivity index (χ1) is 21.3. The van der Waals surface area contributed by atoms with Crippen molar-refractivity contribution in [2.45, 2.75) is 0 Å². The van der Waals surface area contributed by atoms with Gasteiger partial charge in [0.2, 0.25) is 0 Å². The lowest BCUT2D eigenvalue weighted by Crippen LogP contribution is -1.93. The maximum Gasteiger partial charge on any atom is 0.0541 e. The normalized spacial score (nSPS) is 11.3. The zero-order valence-electron chi connectivity index (χ0n) is 23.6. The van der Waals surface area contributed by atoms with Crippen molar-refractivity contribution in [1.29, 1.82) is 0 Å². The van der Waals surface area contributed by atoms with E-state index in [4.69, 9.17) is 0 Å². The van der Waals surface area contributed by atoms with Gasteiger partial charge in [-0.3, -0.25) is 4.98 Å². The Balaban J connectivity index is 1.25. The summed E-state index contributed by atoms with van der Waals surface area (Å²) < 4.78 is 2.34. The Kier molecular flexibility index (Phi) is 6.16. The molecule has 8 rings (SSSR count). The summed E-state index contributed by atoms with van der Waals surface area (Å²) in [6, 6.07) is 56.7. The number of nitrogens with zero attached hydrogens (tertiary/aromatic N) is 2. The summed E-state index contributed by atoms with van der Waals surface area (Å²) in [5, 5.41) is 2.47. The lowest BCUT2D eigenvalue weighted by atomic mass is 9.96. The quantitative estimate of drug-likeness (QED) is 0.209. The molecule has 2 aromatic heterocycles. The van der Waals surface area contributed by atoms with Crippen LogP contribution in [-0.4, -0.2) is 9.55 Å². The number of rotatable bonds is 5.